The fourth-order valence-electron chi connectivity index (χ4n) is 1.35. The lowest BCUT2D eigenvalue weighted by molar-refractivity contribution is 0.521. The standard InChI is InChI=1S/C12H19ClN2O2S/c1-12(2,9-13)14-10-5-7-11(8-6-10)18(16,17)15(3)4/h5-8,14H,9H2,1-4H3. The highest BCUT2D eigenvalue weighted by Gasteiger charge is 2.18. The molecule has 6 heteroatoms. The fraction of sp³-hybridized carbons (Fsp3) is 0.500. The summed E-state index contributed by atoms with van der Waals surface area (Å²) in [6.45, 7) is 3.95. The predicted molar refractivity (Wildman–Crippen MR) is 75.7 cm³/mol. The minimum Gasteiger partial charge on any atom is -0.379 e. The second-order valence-corrected chi connectivity index (χ2v) is 7.37. The molecule has 0 bridgehead atoms. The van der Waals surface area contributed by atoms with Gasteiger partial charge in [-0.3, -0.25) is 0 Å². The molecule has 18 heavy (non-hydrogen) atoms. The zero-order valence-corrected chi connectivity index (χ0v) is 12.6. The molecule has 102 valence electrons. The molecule has 0 spiro atoms. The van der Waals surface area contributed by atoms with E-state index in [0.29, 0.717) is 5.88 Å². The van der Waals surface area contributed by atoms with Crippen LogP contribution in [0.4, 0.5) is 5.69 Å². The van der Waals surface area contributed by atoms with Crippen LogP contribution in [0.1, 0.15) is 13.8 Å². The molecule has 0 aromatic heterocycles. The molecule has 1 rings (SSSR count). The molecule has 0 saturated heterocycles. The normalized spacial score (nSPS) is 12.8. The first-order chi connectivity index (χ1) is 8.19. The van der Waals surface area contributed by atoms with Crippen LogP contribution in [0.25, 0.3) is 0 Å². The van der Waals surface area contributed by atoms with Gasteiger partial charge in [-0.05, 0) is 38.1 Å². The molecule has 0 unspecified atom stereocenters. The van der Waals surface area contributed by atoms with Crippen LogP contribution in [0.15, 0.2) is 29.2 Å². The average Bonchev–Trinajstić information content (AvgIpc) is 2.29. The smallest absolute Gasteiger partial charge is 0.242 e. The van der Waals surface area contributed by atoms with E-state index < -0.39 is 10.0 Å². The van der Waals surface area contributed by atoms with Crippen molar-refractivity contribution in [1.29, 1.82) is 0 Å². The molecule has 1 aromatic carbocycles. The predicted octanol–water partition coefficient (Wildman–Crippen LogP) is 2.37. The molecule has 1 N–H and O–H groups in total. The first-order valence-corrected chi connectivity index (χ1v) is 7.53. The molecule has 0 aliphatic rings. The van der Waals surface area contributed by atoms with E-state index in [1.165, 1.54) is 18.4 Å². The Bertz CT molecular complexity index is 495. The van der Waals surface area contributed by atoms with Gasteiger partial charge in [0.25, 0.3) is 0 Å². The Balaban J connectivity index is 2.94. The number of hydrogen-bond donors (Lipinski definition) is 1. The van der Waals surface area contributed by atoms with E-state index in [-0.39, 0.29) is 10.4 Å². The van der Waals surface area contributed by atoms with Gasteiger partial charge in [-0.25, -0.2) is 12.7 Å². The van der Waals surface area contributed by atoms with Crippen molar-refractivity contribution in [2.75, 3.05) is 25.3 Å². The van der Waals surface area contributed by atoms with E-state index in [1.807, 2.05) is 13.8 Å². The molecular weight excluding hydrogens is 272 g/mol. The second-order valence-electron chi connectivity index (χ2n) is 4.95. The van der Waals surface area contributed by atoms with Gasteiger partial charge in [0.15, 0.2) is 0 Å². The van der Waals surface area contributed by atoms with E-state index in [9.17, 15) is 8.42 Å². The Morgan fingerprint density at radius 1 is 1.22 bits per heavy atom. The third kappa shape index (κ3) is 3.60. The summed E-state index contributed by atoms with van der Waals surface area (Å²) in [5.74, 6) is 0.463. The maximum atomic E-state index is 11.9. The summed E-state index contributed by atoms with van der Waals surface area (Å²) >= 11 is 5.82. The molecule has 0 amide bonds. The van der Waals surface area contributed by atoms with Gasteiger partial charge in [-0.15, -0.1) is 11.6 Å². The van der Waals surface area contributed by atoms with E-state index in [2.05, 4.69) is 5.32 Å². The zero-order valence-electron chi connectivity index (χ0n) is 11.1. The lowest BCUT2D eigenvalue weighted by Crippen LogP contribution is -2.32. The summed E-state index contributed by atoms with van der Waals surface area (Å²) in [6, 6.07) is 6.65. The highest BCUT2D eigenvalue weighted by Crippen LogP contribution is 2.20. The molecule has 1 aromatic rings. The van der Waals surface area contributed by atoms with E-state index >= 15 is 0 Å². The summed E-state index contributed by atoms with van der Waals surface area (Å²) < 4.78 is 24.9. The Morgan fingerprint density at radius 3 is 2.11 bits per heavy atom. The van der Waals surface area contributed by atoms with Crippen LogP contribution in [-0.2, 0) is 10.0 Å². The van der Waals surface area contributed by atoms with Crippen LogP contribution in [0.2, 0.25) is 0 Å². The second kappa shape index (κ2) is 5.47. The van der Waals surface area contributed by atoms with Crippen molar-refractivity contribution in [2.45, 2.75) is 24.3 Å². The summed E-state index contributed by atoms with van der Waals surface area (Å²) in [4.78, 5) is 0.279. The number of nitrogens with zero attached hydrogens (tertiary/aromatic N) is 1. The molecule has 0 saturated carbocycles. The van der Waals surface area contributed by atoms with Gasteiger partial charge in [0.1, 0.15) is 0 Å². The minimum atomic E-state index is -3.36. The van der Waals surface area contributed by atoms with Crippen molar-refractivity contribution >= 4 is 27.3 Å². The highest BCUT2D eigenvalue weighted by molar-refractivity contribution is 7.89. The number of hydrogen-bond acceptors (Lipinski definition) is 3. The van der Waals surface area contributed by atoms with E-state index in [1.54, 1.807) is 24.3 Å². The number of nitrogens with one attached hydrogen (secondary N) is 1. The Labute approximate surface area is 114 Å². The number of alkyl halides is 1. The van der Waals surface area contributed by atoms with Gasteiger partial charge in [0.2, 0.25) is 10.0 Å². The van der Waals surface area contributed by atoms with Gasteiger partial charge in [0.05, 0.1) is 4.90 Å². The van der Waals surface area contributed by atoms with Gasteiger partial charge in [-0.1, -0.05) is 0 Å². The molecule has 0 atom stereocenters. The quantitative estimate of drug-likeness (QED) is 0.847. The van der Waals surface area contributed by atoms with Crippen LogP contribution >= 0.6 is 11.6 Å². The SMILES string of the molecule is CN(C)S(=O)(=O)c1ccc(NC(C)(C)CCl)cc1. The Kier molecular flexibility index (Phi) is 4.64. The monoisotopic (exact) mass is 290 g/mol. The largest absolute Gasteiger partial charge is 0.379 e. The topological polar surface area (TPSA) is 49.4 Å². The highest BCUT2D eigenvalue weighted by atomic mass is 35.5. The van der Waals surface area contributed by atoms with Crippen LogP contribution < -0.4 is 5.32 Å². The number of sulfonamides is 1. The number of rotatable bonds is 5. The summed E-state index contributed by atoms with van der Waals surface area (Å²) in [5, 5.41) is 3.24. The summed E-state index contributed by atoms with van der Waals surface area (Å²) in [7, 11) is -0.339. The molecule has 0 radical (unpaired) electrons. The van der Waals surface area contributed by atoms with E-state index in [4.69, 9.17) is 11.6 Å². The van der Waals surface area contributed by atoms with E-state index in [0.717, 1.165) is 5.69 Å². The number of benzene rings is 1. The van der Waals surface area contributed by atoms with Crippen molar-refractivity contribution in [3.63, 3.8) is 0 Å². The first kappa shape index (κ1) is 15.3. The fourth-order valence-corrected chi connectivity index (χ4v) is 2.31. The maximum absolute atomic E-state index is 11.9. The molecule has 0 heterocycles. The van der Waals surface area contributed by atoms with Crippen LogP contribution in [0, 0.1) is 0 Å². The average molecular weight is 291 g/mol. The molecule has 4 nitrogen and oxygen atoms in total. The molecular formula is C12H19ClN2O2S. The summed E-state index contributed by atoms with van der Waals surface area (Å²) in [6.07, 6.45) is 0. The van der Waals surface area contributed by atoms with Gasteiger partial charge < -0.3 is 5.32 Å². The van der Waals surface area contributed by atoms with Crippen LogP contribution in [-0.4, -0.2) is 38.2 Å². The molecule has 0 aliphatic heterocycles. The first-order valence-electron chi connectivity index (χ1n) is 5.56. The number of halogens is 1. The zero-order chi connectivity index (χ0) is 14.0. The van der Waals surface area contributed by atoms with Gasteiger partial charge in [0, 0.05) is 31.2 Å². The van der Waals surface area contributed by atoms with Crippen LogP contribution in [0.3, 0.4) is 0 Å². The molecule has 0 aliphatic carbocycles. The van der Waals surface area contributed by atoms with Gasteiger partial charge in [-0.2, -0.15) is 0 Å². The van der Waals surface area contributed by atoms with Gasteiger partial charge >= 0.3 is 0 Å². The number of anilines is 1. The van der Waals surface area contributed by atoms with Crippen molar-refractivity contribution in [3.05, 3.63) is 24.3 Å². The van der Waals surface area contributed by atoms with Crippen LogP contribution in [0.5, 0.6) is 0 Å². The third-order valence-corrected chi connectivity index (χ3v) is 4.95. The Hall–Kier alpha value is -0.780. The lowest BCUT2D eigenvalue weighted by atomic mass is 10.1. The Morgan fingerprint density at radius 2 is 1.72 bits per heavy atom. The molecule has 0 fully saturated rings. The lowest BCUT2D eigenvalue weighted by Gasteiger charge is -2.24. The maximum Gasteiger partial charge on any atom is 0.242 e. The van der Waals surface area contributed by atoms with Crippen molar-refractivity contribution in [1.82, 2.24) is 4.31 Å². The van der Waals surface area contributed by atoms with Crippen molar-refractivity contribution < 1.29 is 8.42 Å². The third-order valence-electron chi connectivity index (χ3n) is 2.45. The summed E-state index contributed by atoms with van der Waals surface area (Å²) in [5.41, 5.74) is 0.613. The van der Waals surface area contributed by atoms with Crippen molar-refractivity contribution in [3.8, 4) is 0 Å². The van der Waals surface area contributed by atoms with Crippen molar-refractivity contribution in [2.24, 2.45) is 0 Å². The minimum absolute atomic E-state index is 0.233.